The second kappa shape index (κ2) is 9.74. The number of halogens is 2. The zero-order valence-corrected chi connectivity index (χ0v) is 19.5. The second-order valence-electron chi connectivity index (χ2n) is 7.13. The van der Waals surface area contributed by atoms with E-state index in [0.717, 1.165) is 22.0 Å². The summed E-state index contributed by atoms with van der Waals surface area (Å²) in [4.78, 5) is 0. The number of hydrogen-bond donors (Lipinski definition) is 0. The molecular formula is C23H17Cl2N7S. The molecule has 0 spiro atoms. The summed E-state index contributed by atoms with van der Waals surface area (Å²) >= 11 is 14.1. The van der Waals surface area contributed by atoms with Crippen LogP contribution in [0.3, 0.4) is 0 Å². The summed E-state index contributed by atoms with van der Waals surface area (Å²) in [5, 5.41) is 22.9. The maximum Gasteiger partial charge on any atom is 0.192 e. The lowest BCUT2D eigenvalue weighted by atomic mass is 10.2. The Morgan fingerprint density at radius 1 is 0.818 bits per heavy atom. The highest BCUT2D eigenvalue weighted by atomic mass is 35.5. The van der Waals surface area contributed by atoms with Gasteiger partial charge in [-0.25, -0.2) is 0 Å². The first-order chi connectivity index (χ1) is 16.2. The molecule has 5 aromatic rings. The molecule has 33 heavy (non-hydrogen) atoms. The van der Waals surface area contributed by atoms with Gasteiger partial charge >= 0.3 is 0 Å². The van der Waals surface area contributed by atoms with Gasteiger partial charge in [0, 0.05) is 10.6 Å². The minimum absolute atomic E-state index is 0.517. The SMILES string of the molecule is Clc1ccc(-c2nnc(SCc3nnnn3-c3ccccc3)n2Cc2ccccc2)c(Cl)c1. The van der Waals surface area contributed by atoms with E-state index in [1.165, 1.54) is 11.8 Å². The van der Waals surface area contributed by atoms with E-state index in [4.69, 9.17) is 23.2 Å². The van der Waals surface area contributed by atoms with Gasteiger partial charge in [0.25, 0.3) is 0 Å². The first-order valence-electron chi connectivity index (χ1n) is 10.1. The standard InChI is InChI=1S/C23H17Cl2N7S/c24-17-11-12-19(20(25)13-17)22-27-28-23(31(22)14-16-7-3-1-4-8-16)33-15-21-26-29-30-32(21)18-9-5-2-6-10-18/h1-13H,14-15H2. The van der Waals surface area contributed by atoms with Crippen molar-refractivity contribution in [2.24, 2.45) is 0 Å². The van der Waals surface area contributed by atoms with Crippen LogP contribution in [0.1, 0.15) is 11.4 Å². The molecular weight excluding hydrogens is 477 g/mol. The predicted octanol–water partition coefficient (Wildman–Crippen LogP) is 5.57. The fraction of sp³-hybridized carbons (Fsp3) is 0.0870. The molecule has 0 fully saturated rings. The second-order valence-corrected chi connectivity index (χ2v) is 8.92. The van der Waals surface area contributed by atoms with Crippen molar-refractivity contribution in [2.45, 2.75) is 17.5 Å². The summed E-state index contributed by atoms with van der Waals surface area (Å²) < 4.78 is 3.77. The van der Waals surface area contributed by atoms with Gasteiger partial charge in [-0.15, -0.1) is 15.3 Å². The number of tetrazole rings is 1. The molecule has 2 aromatic heterocycles. The first kappa shape index (κ1) is 21.6. The molecule has 0 saturated heterocycles. The van der Waals surface area contributed by atoms with Crippen LogP contribution in [0.25, 0.3) is 17.1 Å². The van der Waals surface area contributed by atoms with E-state index in [2.05, 4.69) is 37.9 Å². The van der Waals surface area contributed by atoms with Crippen LogP contribution in [0.2, 0.25) is 10.0 Å². The average Bonchev–Trinajstić information content (AvgIpc) is 3.46. The zero-order chi connectivity index (χ0) is 22.6. The van der Waals surface area contributed by atoms with Crippen molar-refractivity contribution in [3.8, 4) is 17.1 Å². The van der Waals surface area contributed by atoms with Crippen molar-refractivity contribution in [1.82, 2.24) is 35.0 Å². The molecule has 7 nitrogen and oxygen atoms in total. The van der Waals surface area contributed by atoms with E-state index in [-0.39, 0.29) is 0 Å². The number of nitrogens with zero attached hydrogens (tertiary/aromatic N) is 7. The topological polar surface area (TPSA) is 74.3 Å². The van der Waals surface area contributed by atoms with E-state index < -0.39 is 0 Å². The molecule has 0 N–H and O–H groups in total. The van der Waals surface area contributed by atoms with Gasteiger partial charge < -0.3 is 0 Å². The molecule has 3 aromatic carbocycles. The highest BCUT2D eigenvalue weighted by Gasteiger charge is 2.19. The Hall–Kier alpha value is -3.20. The van der Waals surface area contributed by atoms with Crippen molar-refractivity contribution in [1.29, 1.82) is 0 Å². The molecule has 0 radical (unpaired) electrons. The van der Waals surface area contributed by atoms with Crippen LogP contribution in [0.15, 0.2) is 84.0 Å². The summed E-state index contributed by atoms with van der Waals surface area (Å²) in [7, 11) is 0. The lowest BCUT2D eigenvalue weighted by Crippen LogP contribution is -2.06. The first-order valence-corrected chi connectivity index (χ1v) is 11.8. The van der Waals surface area contributed by atoms with Gasteiger partial charge in [0.2, 0.25) is 0 Å². The number of para-hydroxylation sites is 1. The van der Waals surface area contributed by atoms with Crippen molar-refractivity contribution >= 4 is 35.0 Å². The third-order valence-corrected chi connectivity index (χ3v) is 6.45. The van der Waals surface area contributed by atoms with Crippen LogP contribution >= 0.6 is 35.0 Å². The summed E-state index contributed by atoms with van der Waals surface area (Å²) in [5.41, 5.74) is 2.79. The minimum atomic E-state index is 0.517. The average molecular weight is 494 g/mol. The summed E-state index contributed by atoms with van der Waals surface area (Å²) in [6.07, 6.45) is 0. The van der Waals surface area contributed by atoms with Crippen LogP contribution < -0.4 is 0 Å². The van der Waals surface area contributed by atoms with Crippen molar-refractivity contribution in [3.05, 3.63) is 100 Å². The van der Waals surface area contributed by atoms with Crippen molar-refractivity contribution in [3.63, 3.8) is 0 Å². The van der Waals surface area contributed by atoms with Crippen LogP contribution in [0, 0.1) is 0 Å². The molecule has 0 unspecified atom stereocenters. The van der Waals surface area contributed by atoms with Crippen LogP contribution in [0.4, 0.5) is 0 Å². The molecule has 0 bridgehead atoms. The van der Waals surface area contributed by atoms with Gasteiger partial charge in [-0.3, -0.25) is 4.57 Å². The Bertz CT molecular complexity index is 1370. The Morgan fingerprint density at radius 3 is 2.33 bits per heavy atom. The lowest BCUT2D eigenvalue weighted by Gasteiger charge is -2.11. The molecule has 0 aliphatic rings. The maximum atomic E-state index is 6.49. The fourth-order valence-corrected chi connectivity index (χ4v) is 4.71. The van der Waals surface area contributed by atoms with Gasteiger partial charge in [-0.1, -0.05) is 83.5 Å². The van der Waals surface area contributed by atoms with Gasteiger partial charge in [-0.05, 0) is 46.3 Å². The molecule has 0 amide bonds. The molecule has 0 aliphatic heterocycles. The Kier molecular flexibility index (Phi) is 6.39. The maximum absolute atomic E-state index is 6.49. The number of hydrogen-bond acceptors (Lipinski definition) is 6. The Morgan fingerprint density at radius 2 is 1.58 bits per heavy atom. The molecule has 2 heterocycles. The van der Waals surface area contributed by atoms with Crippen LogP contribution in [-0.4, -0.2) is 35.0 Å². The van der Waals surface area contributed by atoms with Gasteiger partial charge in [0.15, 0.2) is 16.8 Å². The van der Waals surface area contributed by atoms with Crippen molar-refractivity contribution < 1.29 is 0 Å². The van der Waals surface area contributed by atoms with Crippen LogP contribution in [-0.2, 0) is 12.3 Å². The molecule has 0 aliphatic carbocycles. The Labute approximate surface area is 204 Å². The van der Waals surface area contributed by atoms with Crippen LogP contribution in [0.5, 0.6) is 0 Å². The molecule has 0 atom stereocenters. The molecule has 10 heteroatoms. The van der Waals surface area contributed by atoms with E-state index in [0.29, 0.717) is 34.0 Å². The van der Waals surface area contributed by atoms with Gasteiger partial charge in [0.1, 0.15) is 0 Å². The number of benzene rings is 3. The largest absolute Gasteiger partial charge is 0.297 e. The van der Waals surface area contributed by atoms with Gasteiger partial charge in [-0.2, -0.15) is 4.68 Å². The molecule has 0 saturated carbocycles. The van der Waals surface area contributed by atoms with Gasteiger partial charge in [0.05, 0.1) is 23.0 Å². The summed E-state index contributed by atoms with van der Waals surface area (Å²) in [5.74, 6) is 1.90. The van der Waals surface area contributed by atoms with E-state index in [9.17, 15) is 0 Å². The smallest absolute Gasteiger partial charge is 0.192 e. The molecule has 164 valence electrons. The highest BCUT2D eigenvalue weighted by Crippen LogP contribution is 2.32. The normalized spacial score (nSPS) is 11.1. The number of rotatable bonds is 7. The number of thioether (sulfide) groups is 1. The molecule has 5 rings (SSSR count). The quantitative estimate of drug-likeness (QED) is 0.276. The Balaban J connectivity index is 1.48. The highest BCUT2D eigenvalue weighted by molar-refractivity contribution is 7.98. The lowest BCUT2D eigenvalue weighted by molar-refractivity contribution is 0.713. The fourth-order valence-electron chi connectivity index (χ4n) is 3.37. The van der Waals surface area contributed by atoms with E-state index >= 15 is 0 Å². The minimum Gasteiger partial charge on any atom is -0.297 e. The van der Waals surface area contributed by atoms with E-state index in [1.807, 2.05) is 59.2 Å². The third-order valence-electron chi connectivity index (χ3n) is 4.94. The predicted molar refractivity (Wildman–Crippen MR) is 130 cm³/mol. The monoisotopic (exact) mass is 493 g/mol. The van der Waals surface area contributed by atoms with Crippen molar-refractivity contribution in [2.75, 3.05) is 0 Å². The summed E-state index contributed by atoms with van der Waals surface area (Å²) in [6, 6.07) is 25.3. The number of aromatic nitrogens is 7. The summed E-state index contributed by atoms with van der Waals surface area (Å²) in [6.45, 7) is 0.591. The zero-order valence-electron chi connectivity index (χ0n) is 17.2. The third kappa shape index (κ3) is 4.78. The van der Waals surface area contributed by atoms with E-state index in [1.54, 1.807) is 16.8 Å².